The molecule has 3 aliphatic rings. The number of nitrogens with one attached hydrogen (secondary N) is 2. The molecular formula is C17H31N3. The first-order valence-corrected chi connectivity index (χ1v) is 8.88. The normalized spacial score (nSPS) is 36.5. The Hall–Kier alpha value is -0.570. The Kier molecular flexibility index (Phi) is 4.65. The van der Waals surface area contributed by atoms with Crippen molar-refractivity contribution in [2.24, 2.45) is 10.9 Å². The van der Waals surface area contributed by atoms with Gasteiger partial charge in [-0.25, -0.2) is 0 Å². The number of aliphatic imine (C=N–C) groups is 1. The second-order valence-corrected chi connectivity index (χ2v) is 7.11. The van der Waals surface area contributed by atoms with Crippen LogP contribution in [0.15, 0.2) is 4.99 Å². The molecule has 20 heavy (non-hydrogen) atoms. The number of nitrogens with zero attached hydrogens (tertiary/aromatic N) is 1. The van der Waals surface area contributed by atoms with Gasteiger partial charge >= 0.3 is 0 Å². The van der Waals surface area contributed by atoms with Gasteiger partial charge in [0.15, 0.2) is 0 Å². The summed E-state index contributed by atoms with van der Waals surface area (Å²) >= 11 is 0. The summed E-state index contributed by atoms with van der Waals surface area (Å²) in [6.07, 6.45) is 13.7. The van der Waals surface area contributed by atoms with Crippen LogP contribution in [0.4, 0.5) is 0 Å². The van der Waals surface area contributed by atoms with E-state index in [4.69, 9.17) is 4.99 Å². The largest absolute Gasteiger partial charge is 0.370 e. The van der Waals surface area contributed by atoms with Gasteiger partial charge in [-0.05, 0) is 31.6 Å². The van der Waals surface area contributed by atoms with Crippen LogP contribution in [0.1, 0.15) is 71.1 Å². The summed E-state index contributed by atoms with van der Waals surface area (Å²) in [5.74, 6) is 2.02. The topological polar surface area (TPSA) is 36.4 Å². The molecule has 0 saturated heterocycles. The number of rotatable bonds is 1. The molecule has 0 amide bonds. The summed E-state index contributed by atoms with van der Waals surface area (Å²) in [5, 5.41) is 7.72. The van der Waals surface area contributed by atoms with E-state index in [9.17, 15) is 0 Å². The number of hydrogen-bond donors (Lipinski definition) is 2. The highest BCUT2D eigenvalue weighted by atomic mass is 15.2. The first kappa shape index (κ1) is 14.4. The Balaban J connectivity index is 1.73. The van der Waals surface area contributed by atoms with Crippen molar-refractivity contribution in [1.82, 2.24) is 10.6 Å². The van der Waals surface area contributed by atoms with Crippen molar-refractivity contribution >= 4 is 5.84 Å². The lowest BCUT2D eigenvalue weighted by Crippen LogP contribution is -2.65. The van der Waals surface area contributed by atoms with Crippen LogP contribution in [0, 0.1) is 5.92 Å². The molecule has 2 aliphatic carbocycles. The first-order chi connectivity index (χ1) is 9.81. The van der Waals surface area contributed by atoms with Gasteiger partial charge in [0.25, 0.3) is 0 Å². The fourth-order valence-electron chi connectivity index (χ4n) is 4.42. The highest BCUT2D eigenvalue weighted by molar-refractivity contribution is 5.93. The van der Waals surface area contributed by atoms with E-state index >= 15 is 0 Å². The number of hydrogen-bond acceptors (Lipinski definition) is 3. The average Bonchev–Trinajstić information content (AvgIpc) is 2.73. The monoisotopic (exact) mass is 277 g/mol. The van der Waals surface area contributed by atoms with E-state index < -0.39 is 0 Å². The quantitative estimate of drug-likeness (QED) is 0.722. The second-order valence-electron chi connectivity index (χ2n) is 7.11. The molecule has 0 aromatic heterocycles. The van der Waals surface area contributed by atoms with Crippen molar-refractivity contribution in [3.8, 4) is 0 Å². The second kappa shape index (κ2) is 6.46. The fourth-order valence-corrected chi connectivity index (χ4v) is 4.42. The SMILES string of the molecule is C[C@H]1CCCC[C@@]12NCCN=C2NC1CCCCCC1. The molecule has 2 fully saturated rings. The molecule has 0 unspecified atom stereocenters. The van der Waals surface area contributed by atoms with E-state index in [1.807, 2.05) is 0 Å². The van der Waals surface area contributed by atoms with E-state index in [0.717, 1.165) is 13.1 Å². The predicted octanol–water partition coefficient (Wildman–Crippen LogP) is 3.25. The molecule has 2 atom stereocenters. The van der Waals surface area contributed by atoms with Crippen molar-refractivity contribution < 1.29 is 0 Å². The molecule has 2 N–H and O–H groups in total. The summed E-state index contributed by atoms with van der Waals surface area (Å²) in [5.41, 5.74) is 0.169. The van der Waals surface area contributed by atoms with Crippen molar-refractivity contribution in [2.45, 2.75) is 82.7 Å². The molecule has 3 rings (SSSR count). The van der Waals surface area contributed by atoms with Crippen molar-refractivity contribution in [1.29, 1.82) is 0 Å². The van der Waals surface area contributed by atoms with E-state index in [1.165, 1.54) is 70.0 Å². The van der Waals surface area contributed by atoms with Crippen molar-refractivity contribution in [3.05, 3.63) is 0 Å². The molecule has 0 bridgehead atoms. The zero-order valence-corrected chi connectivity index (χ0v) is 13.1. The van der Waals surface area contributed by atoms with Crippen LogP contribution in [0.25, 0.3) is 0 Å². The Bertz CT molecular complexity index is 344. The van der Waals surface area contributed by atoms with Crippen LogP contribution in [0.3, 0.4) is 0 Å². The molecule has 0 aromatic rings. The predicted molar refractivity (Wildman–Crippen MR) is 85.3 cm³/mol. The molecule has 1 heterocycles. The van der Waals surface area contributed by atoms with Gasteiger partial charge in [-0.3, -0.25) is 4.99 Å². The third-order valence-electron chi connectivity index (χ3n) is 5.74. The van der Waals surface area contributed by atoms with E-state index in [0.29, 0.717) is 12.0 Å². The van der Waals surface area contributed by atoms with E-state index in [2.05, 4.69) is 17.6 Å². The smallest absolute Gasteiger partial charge is 0.117 e. The minimum absolute atomic E-state index is 0.169. The first-order valence-electron chi connectivity index (χ1n) is 8.88. The fraction of sp³-hybridized carbons (Fsp3) is 0.941. The standard InChI is InChI=1S/C17H31N3/c1-14-8-6-7-11-17(14)16(18-12-13-19-17)20-15-9-4-2-3-5-10-15/h14-15,19H,2-13H2,1H3,(H,18,20)/t14-,17+/m0/s1. The van der Waals surface area contributed by atoms with Gasteiger partial charge in [0, 0.05) is 12.6 Å². The number of amidine groups is 1. The minimum Gasteiger partial charge on any atom is -0.370 e. The summed E-state index contributed by atoms with van der Waals surface area (Å²) in [6, 6.07) is 0.669. The highest BCUT2D eigenvalue weighted by Crippen LogP contribution is 2.35. The van der Waals surface area contributed by atoms with Crippen LogP contribution >= 0.6 is 0 Å². The van der Waals surface area contributed by atoms with Gasteiger partial charge in [-0.15, -0.1) is 0 Å². The van der Waals surface area contributed by atoms with E-state index in [1.54, 1.807) is 0 Å². The molecule has 2 saturated carbocycles. The van der Waals surface area contributed by atoms with Gasteiger partial charge in [0.2, 0.25) is 0 Å². The van der Waals surface area contributed by atoms with Crippen molar-refractivity contribution in [3.63, 3.8) is 0 Å². The maximum atomic E-state index is 4.92. The third kappa shape index (κ3) is 2.88. The third-order valence-corrected chi connectivity index (χ3v) is 5.74. The van der Waals surface area contributed by atoms with Crippen LogP contribution in [0.5, 0.6) is 0 Å². The van der Waals surface area contributed by atoms with E-state index in [-0.39, 0.29) is 5.54 Å². The molecule has 1 aliphatic heterocycles. The van der Waals surface area contributed by atoms with Crippen molar-refractivity contribution in [2.75, 3.05) is 13.1 Å². The highest BCUT2D eigenvalue weighted by Gasteiger charge is 2.44. The Morgan fingerprint density at radius 3 is 2.55 bits per heavy atom. The summed E-state index contributed by atoms with van der Waals surface area (Å²) < 4.78 is 0. The van der Waals surface area contributed by atoms with Crippen LogP contribution in [-0.4, -0.2) is 30.5 Å². The summed E-state index contributed by atoms with van der Waals surface area (Å²) in [7, 11) is 0. The summed E-state index contributed by atoms with van der Waals surface area (Å²) in [6.45, 7) is 4.42. The lowest BCUT2D eigenvalue weighted by molar-refractivity contribution is 0.212. The molecule has 0 aromatic carbocycles. The van der Waals surface area contributed by atoms with Gasteiger partial charge < -0.3 is 10.6 Å². The Morgan fingerprint density at radius 2 is 1.80 bits per heavy atom. The molecular weight excluding hydrogens is 246 g/mol. The molecule has 0 radical (unpaired) electrons. The summed E-state index contributed by atoms with van der Waals surface area (Å²) in [4.78, 5) is 4.92. The zero-order chi connectivity index (χ0) is 13.8. The molecule has 1 spiro atoms. The van der Waals surface area contributed by atoms with Gasteiger partial charge in [-0.1, -0.05) is 45.4 Å². The van der Waals surface area contributed by atoms with Gasteiger partial charge in [0.1, 0.15) is 5.84 Å². The van der Waals surface area contributed by atoms with Gasteiger partial charge in [0.05, 0.1) is 12.1 Å². The average molecular weight is 277 g/mol. The van der Waals surface area contributed by atoms with Crippen LogP contribution in [-0.2, 0) is 0 Å². The maximum absolute atomic E-state index is 4.92. The van der Waals surface area contributed by atoms with Crippen LogP contribution < -0.4 is 10.6 Å². The minimum atomic E-state index is 0.169. The van der Waals surface area contributed by atoms with Gasteiger partial charge in [-0.2, -0.15) is 0 Å². The Labute approximate surface area is 124 Å². The lowest BCUT2D eigenvalue weighted by atomic mass is 9.72. The maximum Gasteiger partial charge on any atom is 0.117 e. The molecule has 3 nitrogen and oxygen atoms in total. The Morgan fingerprint density at radius 1 is 1.05 bits per heavy atom. The molecule has 114 valence electrons. The zero-order valence-electron chi connectivity index (χ0n) is 13.1. The molecule has 3 heteroatoms. The van der Waals surface area contributed by atoms with Crippen LogP contribution in [0.2, 0.25) is 0 Å². The lowest BCUT2D eigenvalue weighted by Gasteiger charge is -2.47.